The number of rotatable bonds is 8. The van der Waals surface area contributed by atoms with Crippen molar-refractivity contribution in [3.8, 4) is 0 Å². The molecule has 0 aromatic carbocycles. The number of nitrogens with zero attached hydrogens (tertiary/aromatic N) is 3. The monoisotopic (exact) mass is 325 g/mol. The van der Waals surface area contributed by atoms with Crippen molar-refractivity contribution in [1.82, 2.24) is 25.4 Å². The van der Waals surface area contributed by atoms with E-state index in [1.54, 1.807) is 11.0 Å². The van der Waals surface area contributed by atoms with Gasteiger partial charge in [-0.05, 0) is 39.2 Å². The third-order valence-electron chi connectivity index (χ3n) is 3.43. The molecular weight excluding hydrogens is 294 g/mol. The summed E-state index contributed by atoms with van der Waals surface area (Å²) in [5.41, 5.74) is -0.467. The van der Waals surface area contributed by atoms with Crippen molar-refractivity contribution in [2.75, 3.05) is 19.6 Å². The lowest BCUT2D eigenvalue weighted by Gasteiger charge is -2.24. The van der Waals surface area contributed by atoms with Gasteiger partial charge in [0.1, 0.15) is 11.9 Å². The van der Waals surface area contributed by atoms with Crippen molar-refractivity contribution >= 4 is 6.09 Å². The van der Waals surface area contributed by atoms with Gasteiger partial charge in [-0.1, -0.05) is 13.8 Å². The van der Waals surface area contributed by atoms with Crippen LogP contribution >= 0.6 is 0 Å². The van der Waals surface area contributed by atoms with Gasteiger partial charge >= 0.3 is 6.09 Å². The molecule has 2 N–H and O–H groups in total. The molecule has 0 aliphatic heterocycles. The summed E-state index contributed by atoms with van der Waals surface area (Å²) in [6.07, 6.45) is 2.14. The molecule has 7 nitrogen and oxygen atoms in total. The summed E-state index contributed by atoms with van der Waals surface area (Å²) in [5, 5.41) is 10.5. The first kappa shape index (κ1) is 19.4. The molecule has 7 heteroatoms. The summed E-state index contributed by atoms with van der Waals surface area (Å²) < 4.78 is 6.97. The summed E-state index contributed by atoms with van der Waals surface area (Å²) >= 11 is 0. The fourth-order valence-corrected chi connectivity index (χ4v) is 2.06. The fourth-order valence-electron chi connectivity index (χ4n) is 2.06. The number of hydrogen-bond acceptors (Lipinski definition) is 5. The van der Waals surface area contributed by atoms with Crippen LogP contribution in [0.3, 0.4) is 0 Å². The molecule has 0 radical (unpaired) electrons. The molecule has 1 amide bonds. The van der Waals surface area contributed by atoms with E-state index in [4.69, 9.17) is 4.74 Å². The Morgan fingerprint density at radius 3 is 2.57 bits per heavy atom. The van der Waals surface area contributed by atoms with Crippen LogP contribution < -0.4 is 10.6 Å². The highest BCUT2D eigenvalue weighted by molar-refractivity contribution is 5.67. The minimum Gasteiger partial charge on any atom is -0.444 e. The molecule has 0 fully saturated rings. The molecule has 1 unspecified atom stereocenters. The standard InChI is InChI=1S/C16H31N5O2/c1-12(2)13(10-18-15(22)23-16(3,4)5)9-17-8-7-14-19-11-21(6)20-14/h11-13,17H,7-10H2,1-6H3,(H,18,22). The van der Waals surface area contributed by atoms with E-state index in [2.05, 4.69) is 34.6 Å². The van der Waals surface area contributed by atoms with Crippen LogP contribution in [0, 0.1) is 11.8 Å². The van der Waals surface area contributed by atoms with Crippen molar-refractivity contribution in [2.45, 2.75) is 46.6 Å². The largest absolute Gasteiger partial charge is 0.444 e. The highest BCUT2D eigenvalue weighted by Gasteiger charge is 2.18. The van der Waals surface area contributed by atoms with Crippen molar-refractivity contribution in [2.24, 2.45) is 18.9 Å². The number of alkyl carbamates (subject to hydrolysis) is 1. The SMILES string of the molecule is CC(C)C(CNCCc1ncn(C)n1)CNC(=O)OC(C)(C)C. The molecule has 132 valence electrons. The Labute approximate surface area is 139 Å². The average Bonchev–Trinajstić information content (AvgIpc) is 2.81. The molecule has 23 heavy (non-hydrogen) atoms. The minimum absolute atomic E-state index is 0.346. The number of aromatic nitrogens is 3. The zero-order valence-corrected chi connectivity index (χ0v) is 15.2. The lowest BCUT2D eigenvalue weighted by atomic mass is 9.96. The minimum atomic E-state index is -0.467. The molecular formula is C16H31N5O2. The molecule has 0 spiro atoms. The summed E-state index contributed by atoms with van der Waals surface area (Å²) in [4.78, 5) is 15.9. The molecule has 0 saturated heterocycles. The van der Waals surface area contributed by atoms with Gasteiger partial charge in [-0.2, -0.15) is 5.10 Å². The fraction of sp³-hybridized carbons (Fsp3) is 0.812. The summed E-state index contributed by atoms with van der Waals surface area (Å²) in [5.74, 6) is 1.65. The maximum Gasteiger partial charge on any atom is 0.407 e. The highest BCUT2D eigenvalue weighted by Crippen LogP contribution is 2.10. The van der Waals surface area contributed by atoms with Crippen molar-refractivity contribution in [3.63, 3.8) is 0 Å². The van der Waals surface area contributed by atoms with Crippen LogP contribution in [0.1, 0.15) is 40.4 Å². The van der Waals surface area contributed by atoms with Gasteiger partial charge in [-0.25, -0.2) is 9.78 Å². The van der Waals surface area contributed by atoms with Gasteiger partial charge in [0.05, 0.1) is 0 Å². The normalized spacial score (nSPS) is 13.2. The average molecular weight is 325 g/mol. The summed E-state index contributed by atoms with van der Waals surface area (Å²) in [6.45, 7) is 12.1. The van der Waals surface area contributed by atoms with Crippen molar-refractivity contribution in [3.05, 3.63) is 12.2 Å². The van der Waals surface area contributed by atoms with Gasteiger partial charge in [0.15, 0.2) is 5.82 Å². The van der Waals surface area contributed by atoms with E-state index in [1.165, 1.54) is 0 Å². The number of carbonyl (C=O) groups is 1. The predicted molar refractivity (Wildman–Crippen MR) is 90.1 cm³/mol. The van der Waals surface area contributed by atoms with E-state index >= 15 is 0 Å². The first-order valence-electron chi connectivity index (χ1n) is 8.19. The Morgan fingerprint density at radius 1 is 1.35 bits per heavy atom. The Kier molecular flexibility index (Phi) is 7.48. The number of nitrogens with one attached hydrogen (secondary N) is 2. The second kappa shape index (κ2) is 8.86. The van der Waals surface area contributed by atoms with E-state index < -0.39 is 5.60 Å². The zero-order chi connectivity index (χ0) is 17.5. The van der Waals surface area contributed by atoms with E-state index in [0.29, 0.717) is 18.4 Å². The van der Waals surface area contributed by atoms with Crippen molar-refractivity contribution < 1.29 is 9.53 Å². The van der Waals surface area contributed by atoms with Crippen LogP contribution in [0.25, 0.3) is 0 Å². The van der Waals surface area contributed by atoms with Crippen LogP contribution in [0.15, 0.2) is 6.33 Å². The molecule has 1 atom stereocenters. The summed E-state index contributed by atoms with van der Waals surface area (Å²) in [6, 6.07) is 0. The lowest BCUT2D eigenvalue weighted by Crippen LogP contribution is -2.40. The van der Waals surface area contributed by atoms with Crippen LogP contribution in [0.4, 0.5) is 4.79 Å². The Balaban J connectivity index is 2.27. The third kappa shape index (κ3) is 8.54. The Bertz CT molecular complexity index is 479. The quantitative estimate of drug-likeness (QED) is 0.712. The van der Waals surface area contributed by atoms with Gasteiger partial charge in [-0.15, -0.1) is 0 Å². The molecule has 1 heterocycles. The van der Waals surface area contributed by atoms with Crippen LogP contribution in [-0.4, -0.2) is 46.1 Å². The topological polar surface area (TPSA) is 81.1 Å². The number of aryl methyl sites for hydroxylation is 1. The molecule has 1 aromatic rings. The molecule has 0 aliphatic carbocycles. The van der Waals surface area contributed by atoms with E-state index in [-0.39, 0.29) is 6.09 Å². The number of carbonyl (C=O) groups excluding carboxylic acids is 1. The molecule has 0 saturated carbocycles. The van der Waals surface area contributed by atoms with Gasteiger partial charge in [-0.3, -0.25) is 4.68 Å². The van der Waals surface area contributed by atoms with Gasteiger partial charge in [0, 0.05) is 26.6 Å². The zero-order valence-electron chi connectivity index (χ0n) is 15.2. The van der Waals surface area contributed by atoms with E-state index in [1.807, 2.05) is 27.8 Å². The van der Waals surface area contributed by atoms with Crippen LogP contribution in [0.2, 0.25) is 0 Å². The van der Waals surface area contributed by atoms with Crippen LogP contribution in [-0.2, 0) is 18.2 Å². The van der Waals surface area contributed by atoms with Gasteiger partial charge in [0.25, 0.3) is 0 Å². The molecule has 1 rings (SSSR count). The first-order chi connectivity index (χ1) is 10.7. The van der Waals surface area contributed by atoms with Crippen molar-refractivity contribution in [1.29, 1.82) is 0 Å². The molecule has 0 aliphatic rings. The van der Waals surface area contributed by atoms with Gasteiger partial charge in [0.2, 0.25) is 0 Å². The highest BCUT2D eigenvalue weighted by atomic mass is 16.6. The van der Waals surface area contributed by atoms with E-state index in [0.717, 1.165) is 25.3 Å². The maximum atomic E-state index is 11.7. The first-order valence-corrected chi connectivity index (χ1v) is 8.19. The third-order valence-corrected chi connectivity index (χ3v) is 3.43. The molecule has 0 bridgehead atoms. The number of amides is 1. The Morgan fingerprint density at radius 2 is 2.04 bits per heavy atom. The summed E-state index contributed by atoms with van der Waals surface area (Å²) in [7, 11) is 1.86. The van der Waals surface area contributed by atoms with Crippen LogP contribution in [0.5, 0.6) is 0 Å². The second-order valence-corrected chi connectivity index (χ2v) is 7.18. The predicted octanol–water partition coefficient (Wildman–Crippen LogP) is 1.74. The number of ether oxygens (including phenoxy) is 1. The lowest BCUT2D eigenvalue weighted by molar-refractivity contribution is 0.0515. The van der Waals surface area contributed by atoms with Gasteiger partial charge < -0.3 is 15.4 Å². The number of hydrogen-bond donors (Lipinski definition) is 2. The van der Waals surface area contributed by atoms with E-state index in [9.17, 15) is 4.79 Å². The smallest absolute Gasteiger partial charge is 0.407 e. The maximum absolute atomic E-state index is 11.7. The second-order valence-electron chi connectivity index (χ2n) is 7.18. The molecule has 1 aromatic heterocycles. The Hall–Kier alpha value is -1.63.